The van der Waals surface area contributed by atoms with Gasteiger partial charge in [0, 0.05) is 18.2 Å². The number of aromatic carboxylic acids is 1. The lowest BCUT2D eigenvalue weighted by Crippen LogP contribution is -2.20. The third-order valence-corrected chi connectivity index (χ3v) is 4.87. The Kier molecular flexibility index (Phi) is 3.07. The second-order valence-electron chi connectivity index (χ2n) is 4.88. The monoisotopic (exact) mass is 268 g/mol. The van der Waals surface area contributed by atoms with Crippen LogP contribution in [0.5, 0.6) is 0 Å². The van der Waals surface area contributed by atoms with Gasteiger partial charge < -0.3 is 14.8 Å². The molecular formula is C12H16N2O3S. The van der Waals surface area contributed by atoms with Crippen LogP contribution in [0.15, 0.2) is 0 Å². The molecule has 6 heteroatoms. The van der Waals surface area contributed by atoms with Crippen LogP contribution in [0.2, 0.25) is 0 Å². The predicted octanol–water partition coefficient (Wildman–Crippen LogP) is 1.63. The van der Waals surface area contributed by atoms with Gasteiger partial charge >= 0.3 is 5.97 Å². The minimum absolute atomic E-state index is 0.0501. The maximum absolute atomic E-state index is 11.3. The number of aliphatic hydroxyl groups excluding tert-OH is 1. The third kappa shape index (κ3) is 1.83. The zero-order valence-corrected chi connectivity index (χ0v) is 10.8. The first kappa shape index (κ1) is 12.0. The van der Waals surface area contributed by atoms with Crippen molar-refractivity contribution in [1.29, 1.82) is 0 Å². The number of aromatic nitrogens is 2. The molecule has 3 rings (SSSR count). The van der Waals surface area contributed by atoms with Gasteiger partial charge in [-0.05, 0) is 25.0 Å². The molecule has 0 aliphatic carbocycles. The molecule has 2 N–H and O–H groups in total. The maximum atomic E-state index is 11.3. The van der Waals surface area contributed by atoms with Crippen molar-refractivity contribution in [1.82, 2.24) is 9.55 Å². The van der Waals surface area contributed by atoms with E-state index in [-0.39, 0.29) is 5.69 Å². The summed E-state index contributed by atoms with van der Waals surface area (Å²) < 4.78 is 1.95. The van der Waals surface area contributed by atoms with Crippen molar-refractivity contribution in [2.45, 2.75) is 37.8 Å². The highest BCUT2D eigenvalue weighted by Gasteiger charge is 2.33. The molecule has 1 saturated heterocycles. The summed E-state index contributed by atoms with van der Waals surface area (Å²) in [4.78, 5) is 15.6. The van der Waals surface area contributed by atoms with Crippen LogP contribution in [0, 0.1) is 0 Å². The Labute approximate surface area is 109 Å². The summed E-state index contributed by atoms with van der Waals surface area (Å²) in [5.74, 6) is 2.29. The van der Waals surface area contributed by atoms with Gasteiger partial charge in [-0.15, -0.1) is 0 Å². The fraction of sp³-hybridized carbons (Fsp3) is 0.667. The third-order valence-electron chi connectivity index (χ3n) is 3.71. The fourth-order valence-electron chi connectivity index (χ4n) is 2.84. The molecule has 0 radical (unpaired) electrons. The molecule has 98 valence electrons. The highest BCUT2D eigenvalue weighted by Crippen LogP contribution is 2.36. The second-order valence-corrected chi connectivity index (χ2v) is 6.03. The lowest BCUT2D eigenvalue weighted by molar-refractivity contribution is 0.0677. The molecule has 18 heavy (non-hydrogen) atoms. The van der Waals surface area contributed by atoms with Crippen LogP contribution in [0.4, 0.5) is 0 Å². The van der Waals surface area contributed by atoms with Crippen molar-refractivity contribution in [3.05, 3.63) is 17.2 Å². The van der Waals surface area contributed by atoms with Gasteiger partial charge in [0.1, 0.15) is 5.82 Å². The Bertz CT molecular complexity index is 480. The van der Waals surface area contributed by atoms with E-state index in [1.807, 2.05) is 16.3 Å². The summed E-state index contributed by atoms with van der Waals surface area (Å²) in [5, 5.41) is 19.2. The van der Waals surface area contributed by atoms with E-state index >= 15 is 0 Å². The fourth-order valence-corrected chi connectivity index (χ4v) is 4.06. The van der Waals surface area contributed by atoms with E-state index in [4.69, 9.17) is 0 Å². The lowest BCUT2D eigenvalue weighted by Gasteiger charge is -2.23. The molecule has 5 nitrogen and oxygen atoms in total. The van der Waals surface area contributed by atoms with E-state index in [2.05, 4.69) is 4.98 Å². The number of carboxylic acids is 1. The van der Waals surface area contributed by atoms with Gasteiger partial charge in [0.25, 0.3) is 0 Å². The largest absolute Gasteiger partial charge is 0.476 e. The number of fused-ring (bicyclic) bond motifs is 1. The van der Waals surface area contributed by atoms with Gasteiger partial charge in [-0.2, -0.15) is 11.8 Å². The molecule has 0 amide bonds. The minimum atomic E-state index is -1.03. The number of carboxylic acid groups (broad SMARTS) is 1. The van der Waals surface area contributed by atoms with E-state index in [0.717, 1.165) is 36.7 Å². The first-order valence-electron chi connectivity index (χ1n) is 6.28. The number of carbonyl (C=O) groups is 1. The normalized spacial score (nSPS) is 27.2. The van der Waals surface area contributed by atoms with E-state index in [9.17, 15) is 15.0 Å². The van der Waals surface area contributed by atoms with Crippen molar-refractivity contribution in [3.63, 3.8) is 0 Å². The van der Waals surface area contributed by atoms with E-state index in [1.54, 1.807) is 0 Å². The minimum Gasteiger partial charge on any atom is -0.476 e. The van der Waals surface area contributed by atoms with Crippen molar-refractivity contribution in [2.75, 3.05) is 11.5 Å². The Morgan fingerprint density at radius 3 is 2.94 bits per heavy atom. The van der Waals surface area contributed by atoms with E-state index < -0.39 is 12.1 Å². The second kappa shape index (κ2) is 4.59. The van der Waals surface area contributed by atoms with Gasteiger partial charge in [-0.3, -0.25) is 0 Å². The topological polar surface area (TPSA) is 75.3 Å². The van der Waals surface area contributed by atoms with Crippen LogP contribution in [-0.4, -0.2) is 37.2 Å². The zero-order chi connectivity index (χ0) is 12.7. The van der Waals surface area contributed by atoms with Crippen LogP contribution in [0.1, 0.15) is 53.3 Å². The number of thioether (sulfide) groups is 1. The first-order valence-corrected chi connectivity index (χ1v) is 7.43. The summed E-state index contributed by atoms with van der Waals surface area (Å²) in [6.45, 7) is 0.781. The molecule has 2 aliphatic rings. The van der Waals surface area contributed by atoms with Crippen molar-refractivity contribution < 1.29 is 15.0 Å². The molecule has 2 atom stereocenters. The summed E-state index contributed by atoms with van der Waals surface area (Å²) >= 11 is 1.88. The van der Waals surface area contributed by atoms with E-state index in [1.165, 1.54) is 0 Å². The van der Waals surface area contributed by atoms with E-state index in [0.29, 0.717) is 18.0 Å². The Morgan fingerprint density at radius 2 is 2.28 bits per heavy atom. The van der Waals surface area contributed by atoms with Gasteiger partial charge in [0.15, 0.2) is 5.69 Å². The number of rotatable bonds is 2. The van der Waals surface area contributed by atoms with Gasteiger partial charge in [-0.25, -0.2) is 9.78 Å². The maximum Gasteiger partial charge on any atom is 0.356 e. The van der Waals surface area contributed by atoms with Crippen LogP contribution < -0.4 is 0 Å². The summed E-state index contributed by atoms with van der Waals surface area (Å²) in [6, 6.07) is 0. The number of aliphatic hydroxyl groups is 1. The van der Waals surface area contributed by atoms with Crippen LogP contribution >= 0.6 is 11.8 Å². The van der Waals surface area contributed by atoms with Crippen LogP contribution in [0.25, 0.3) is 0 Å². The highest BCUT2D eigenvalue weighted by molar-refractivity contribution is 7.99. The smallest absolute Gasteiger partial charge is 0.356 e. The zero-order valence-electron chi connectivity index (χ0n) is 10.0. The molecule has 0 bridgehead atoms. The molecule has 1 aromatic heterocycles. The van der Waals surface area contributed by atoms with Gasteiger partial charge in [0.05, 0.1) is 11.8 Å². The average Bonchev–Trinajstić information content (AvgIpc) is 2.95. The number of hydrogen-bond donors (Lipinski definition) is 2. The van der Waals surface area contributed by atoms with Gasteiger partial charge in [-0.1, -0.05) is 0 Å². The Hall–Kier alpha value is -1.01. The Morgan fingerprint density at radius 1 is 1.44 bits per heavy atom. The lowest BCUT2D eigenvalue weighted by atomic mass is 10.0. The number of imidazole rings is 1. The molecular weight excluding hydrogens is 252 g/mol. The van der Waals surface area contributed by atoms with Crippen molar-refractivity contribution in [3.8, 4) is 0 Å². The highest BCUT2D eigenvalue weighted by atomic mass is 32.2. The van der Waals surface area contributed by atoms with Gasteiger partial charge in [0.2, 0.25) is 0 Å². The van der Waals surface area contributed by atoms with Crippen LogP contribution in [0.3, 0.4) is 0 Å². The first-order chi connectivity index (χ1) is 8.68. The number of hydrogen-bond acceptors (Lipinski definition) is 4. The summed E-state index contributed by atoms with van der Waals surface area (Å²) in [6.07, 6.45) is 1.89. The quantitative estimate of drug-likeness (QED) is 0.852. The SMILES string of the molecule is O=C(O)c1nc(C2CCSC2)n2c1C(O)CCC2. The molecule has 1 aromatic rings. The molecule has 2 unspecified atom stereocenters. The predicted molar refractivity (Wildman–Crippen MR) is 68.1 cm³/mol. The Balaban J connectivity index is 2.09. The molecule has 3 heterocycles. The summed E-state index contributed by atoms with van der Waals surface area (Å²) in [7, 11) is 0. The molecule has 1 fully saturated rings. The summed E-state index contributed by atoms with van der Waals surface area (Å²) in [5.41, 5.74) is 0.565. The molecule has 0 saturated carbocycles. The molecule has 0 aromatic carbocycles. The van der Waals surface area contributed by atoms with Crippen molar-refractivity contribution >= 4 is 17.7 Å². The molecule has 0 spiro atoms. The molecule has 2 aliphatic heterocycles. The standard InChI is InChI=1S/C12H16N2O3S/c15-8-2-1-4-14-10(8)9(12(16)17)13-11(14)7-3-5-18-6-7/h7-8,15H,1-6H2,(H,16,17). The van der Waals surface area contributed by atoms with Crippen molar-refractivity contribution in [2.24, 2.45) is 0 Å². The number of nitrogens with zero attached hydrogens (tertiary/aromatic N) is 2. The van der Waals surface area contributed by atoms with Crippen LogP contribution in [-0.2, 0) is 6.54 Å². The average molecular weight is 268 g/mol.